The lowest BCUT2D eigenvalue weighted by Crippen LogP contribution is -2.08. The van der Waals surface area contributed by atoms with Gasteiger partial charge < -0.3 is 9.47 Å². The van der Waals surface area contributed by atoms with Crippen LogP contribution in [0.4, 0.5) is 10.1 Å². The predicted molar refractivity (Wildman–Crippen MR) is 91.2 cm³/mol. The molecule has 0 bridgehead atoms. The SMILES string of the molecule is CCOC(=O)CC(C)=Nc1ccc(F)c(OCc2ccccc2)c1. The van der Waals surface area contributed by atoms with Gasteiger partial charge in [-0.3, -0.25) is 9.79 Å². The zero-order chi connectivity index (χ0) is 17.4. The number of carbonyl (C=O) groups is 1. The van der Waals surface area contributed by atoms with Gasteiger partial charge in [0.05, 0.1) is 18.7 Å². The topological polar surface area (TPSA) is 47.9 Å². The molecule has 2 aromatic rings. The van der Waals surface area contributed by atoms with E-state index in [0.29, 0.717) is 18.0 Å². The van der Waals surface area contributed by atoms with E-state index in [0.717, 1.165) is 5.56 Å². The number of carbonyl (C=O) groups excluding carboxylic acids is 1. The van der Waals surface area contributed by atoms with Gasteiger partial charge in [-0.05, 0) is 31.5 Å². The van der Waals surface area contributed by atoms with Crippen molar-refractivity contribution in [2.75, 3.05) is 6.61 Å². The van der Waals surface area contributed by atoms with Crippen molar-refractivity contribution in [3.05, 3.63) is 59.9 Å². The Labute approximate surface area is 140 Å². The highest BCUT2D eigenvalue weighted by atomic mass is 19.1. The minimum atomic E-state index is -0.451. The molecule has 0 atom stereocenters. The first kappa shape index (κ1) is 17.7. The number of ether oxygens (including phenoxy) is 2. The van der Waals surface area contributed by atoms with Crippen LogP contribution in [0.5, 0.6) is 5.75 Å². The van der Waals surface area contributed by atoms with Crippen LogP contribution in [0.25, 0.3) is 0 Å². The van der Waals surface area contributed by atoms with Crippen LogP contribution in [-0.2, 0) is 16.1 Å². The molecule has 0 saturated carbocycles. The van der Waals surface area contributed by atoms with Crippen LogP contribution in [-0.4, -0.2) is 18.3 Å². The predicted octanol–water partition coefficient (Wildman–Crippen LogP) is 4.45. The second-order valence-electron chi connectivity index (χ2n) is 5.22. The lowest BCUT2D eigenvalue weighted by Gasteiger charge is -2.08. The Morgan fingerprint density at radius 3 is 2.62 bits per heavy atom. The lowest BCUT2D eigenvalue weighted by molar-refractivity contribution is -0.141. The maximum absolute atomic E-state index is 13.9. The minimum Gasteiger partial charge on any atom is -0.486 e. The van der Waals surface area contributed by atoms with Gasteiger partial charge >= 0.3 is 5.97 Å². The molecule has 24 heavy (non-hydrogen) atoms. The number of nitrogens with zero attached hydrogens (tertiary/aromatic N) is 1. The molecule has 0 spiro atoms. The molecular weight excluding hydrogens is 309 g/mol. The number of esters is 1. The van der Waals surface area contributed by atoms with Crippen molar-refractivity contribution in [3.8, 4) is 5.75 Å². The van der Waals surface area contributed by atoms with E-state index in [4.69, 9.17) is 9.47 Å². The summed E-state index contributed by atoms with van der Waals surface area (Å²) in [6, 6.07) is 13.9. The summed E-state index contributed by atoms with van der Waals surface area (Å²) in [5, 5.41) is 0. The highest BCUT2D eigenvalue weighted by Gasteiger charge is 2.07. The standard InChI is InChI=1S/C19H20FNO3/c1-3-23-19(22)11-14(2)21-16-9-10-17(20)18(12-16)24-13-15-7-5-4-6-8-15/h4-10,12H,3,11,13H2,1-2H3. The van der Waals surface area contributed by atoms with Crippen LogP contribution in [0, 0.1) is 5.82 Å². The van der Waals surface area contributed by atoms with Crippen LogP contribution in [0.2, 0.25) is 0 Å². The van der Waals surface area contributed by atoms with E-state index in [1.165, 1.54) is 12.1 Å². The molecule has 0 N–H and O–H groups in total. The van der Waals surface area contributed by atoms with E-state index in [1.54, 1.807) is 19.9 Å². The molecule has 0 aliphatic heterocycles. The average molecular weight is 329 g/mol. The molecule has 0 amide bonds. The van der Waals surface area contributed by atoms with Gasteiger partial charge in [-0.1, -0.05) is 30.3 Å². The molecule has 5 heteroatoms. The number of hydrogen-bond donors (Lipinski definition) is 0. The van der Waals surface area contributed by atoms with Crippen molar-refractivity contribution >= 4 is 17.4 Å². The second-order valence-corrected chi connectivity index (χ2v) is 5.22. The summed E-state index contributed by atoms with van der Waals surface area (Å²) < 4.78 is 24.3. The molecule has 2 rings (SSSR count). The quantitative estimate of drug-likeness (QED) is 0.557. The molecule has 0 aromatic heterocycles. The fourth-order valence-electron chi connectivity index (χ4n) is 2.09. The number of benzene rings is 2. The molecule has 0 unspecified atom stereocenters. The van der Waals surface area contributed by atoms with Gasteiger partial charge in [-0.2, -0.15) is 0 Å². The van der Waals surface area contributed by atoms with Crippen molar-refractivity contribution in [1.29, 1.82) is 0 Å². The van der Waals surface area contributed by atoms with Crippen molar-refractivity contribution in [2.24, 2.45) is 4.99 Å². The highest BCUT2D eigenvalue weighted by Crippen LogP contribution is 2.25. The fourth-order valence-corrected chi connectivity index (χ4v) is 2.09. The zero-order valence-corrected chi connectivity index (χ0v) is 13.8. The van der Waals surface area contributed by atoms with E-state index in [-0.39, 0.29) is 24.7 Å². The van der Waals surface area contributed by atoms with Crippen LogP contribution in [0.1, 0.15) is 25.8 Å². The van der Waals surface area contributed by atoms with Gasteiger partial charge in [0.15, 0.2) is 11.6 Å². The first-order chi connectivity index (χ1) is 11.6. The molecule has 0 heterocycles. The van der Waals surface area contributed by atoms with Gasteiger partial charge in [0, 0.05) is 11.8 Å². The van der Waals surface area contributed by atoms with Crippen molar-refractivity contribution in [3.63, 3.8) is 0 Å². The Balaban J connectivity index is 2.06. The van der Waals surface area contributed by atoms with Gasteiger partial charge in [0.25, 0.3) is 0 Å². The number of aliphatic imine (C=N–C) groups is 1. The number of rotatable bonds is 7. The lowest BCUT2D eigenvalue weighted by atomic mass is 10.2. The molecule has 0 aliphatic rings. The maximum atomic E-state index is 13.9. The summed E-state index contributed by atoms with van der Waals surface area (Å²) >= 11 is 0. The third-order valence-electron chi connectivity index (χ3n) is 3.18. The highest BCUT2D eigenvalue weighted by molar-refractivity contribution is 5.98. The summed E-state index contributed by atoms with van der Waals surface area (Å²) in [5.41, 5.74) is 2.07. The molecule has 4 nitrogen and oxygen atoms in total. The normalized spacial score (nSPS) is 11.2. The largest absolute Gasteiger partial charge is 0.486 e. The van der Waals surface area contributed by atoms with Crippen molar-refractivity contribution in [2.45, 2.75) is 26.9 Å². The van der Waals surface area contributed by atoms with E-state index in [1.807, 2.05) is 30.3 Å². The van der Waals surface area contributed by atoms with Gasteiger partial charge in [0.1, 0.15) is 6.61 Å². The molecule has 0 radical (unpaired) electrons. The maximum Gasteiger partial charge on any atom is 0.311 e. The third kappa shape index (κ3) is 5.50. The summed E-state index contributed by atoms with van der Waals surface area (Å²) in [4.78, 5) is 15.7. The Bertz CT molecular complexity index is 714. The van der Waals surface area contributed by atoms with Gasteiger partial charge in [-0.25, -0.2) is 4.39 Å². The Kier molecular flexibility index (Phi) is 6.49. The van der Waals surface area contributed by atoms with Crippen LogP contribution < -0.4 is 4.74 Å². The first-order valence-electron chi connectivity index (χ1n) is 7.74. The smallest absolute Gasteiger partial charge is 0.311 e. The second kappa shape index (κ2) is 8.82. The Morgan fingerprint density at radius 1 is 1.17 bits per heavy atom. The average Bonchev–Trinajstić information content (AvgIpc) is 2.56. The van der Waals surface area contributed by atoms with E-state index in [9.17, 15) is 9.18 Å². The Morgan fingerprint density at radius 2 is 1.92 bits per heavy atom. The molecule has 0 aliphatic carbocycles. The Hall–Kier alpha value is -2.69. The van der Waals surface area contributed by atoms with Crippen LogP contribution >= 0.6 is 0 Å². The summed E-state index contributed by atoms with van der Waals surface area (Å²) in [6.07, 6.45) is 0.103. The van der Waals surface area contributed by atoms with E-state index in [2.05, 4.69) is 4.99 Å². The first-order valence-corrected chi connectivity index (χ1v) is 7.74. The summed E-state index contributed by atoms with van der Waals surface area (Å²) in [5.74, 6) is -0.654. The molecule has 0 fully saturated rings. The van der Waals surface area contributed by atoms with Crippen LogP contribution in [0.15, 0.2) is 53.5 Å². The van der Waals surface area contributed by atoms with E-state index < -0.39 is 5.82 Å². The monoisotopic (exact) mass is 329 g/mol. The van der Waals surface area contributed by atoms with Gasteiger partial charge in [-0.15, -0.1) is 0 Å². The number of halogens is 1. The molecular formula is C19H20FNO3. The van der Waals surface area contributed by atoms with Crippen LogP contribution in [0.3, 0.4) is 0 Å². The molecule has 0 saturated heterocycles. The number of hydrogen-bond acceptors (Lipinski definition) is 4. The molecule has 2 aromatic carbocycles. The molecule has 126 valence electrons. The third-order valence-corrected chi connectivity index (χ3v) is 3.18. The summed E-state index contributed by atoms with van der Waals surface area (Å²) in [6.45, 7) is 4.08. The summed E-state index contributed by atoms with van der Waals surface area (Å²) in [7, 11) is 0. The zero-order valence-electron chi connectivity index (χ0n) is 13.8. The van der Waals surface area contributed by atoms with E-state index >= 15 is 0 Å². The van der Waals surface area contributed by atoms with Crippen molar-refractivity contribution < 1.29 is 18.7 Å². The minimum absolute atomic E-state index is 0.103. The fraction of sp³-hybridized carbons (Fsp3) is 0.263. The van der Waals surface area contributed by atoms with Gasteiger partial charge in [0.2, 0.25) is 0 Å². The van der Waals surface area contributed by atoms with Crippen molar-refractivity contribution in [1.82, 2.24) is 0 Å².